The highest BCUT2D eigenvalue weighted by molar-refractivity contribution is 6.05. The average molecular weight is 405 g/mol. The number of amides is 1. The van der Waals surface area contributed by atoms with E-state index in [0.717, 1.165) is 34.5 Å². The lowest BCUT2D eigenvalue weighted by atomic mass is 10.0. The van der Waals surface area contributed by atoms with Gasteiger partial charge in [-0.3, -0.25) is 4.79 Å². The molecular formula is C25H27NO4. The van der Waals surface area contributed by atoms with Gasteiger partial charge in [0.2, 0.25) is 0 Å². The zero-order valence-electron chi connectivity index (χ0n) is 17.8. The molecule has 0 heterocycles. The van der Waals surface area contributed by atoms with Crippen LogP contribution in [0.15, 0.2) is 60.7 Å². The highest BCUT2D eigenvalue weighted by Crippen LogP contribution is 2.26. The molecule has 5 heteroatoms. The minimum Gasteiger partial charge on any atom is -0.497 e. The summed E-state index contributed by atoms with van der Waals surface area (Å²) in [6, 6.07) is 18.8. The maximum absolute atomic E-state index is 12.9. The van der Waals surface area contributed by atoms with Gasteiger partial charge in [-0.05, 0) is 54.8 Å². The zero-order valence-corrected chi connectivity index (χ0v) is 17.8. The fourth-order valence-corrected chi connectivity index (χ4v) is 3.27. The molecule has 156 valence electrons. The van der Waals surface area contributed by atoms with E-state index in [-0.39, 0.29) is 12.5 Å². The molecule has 0 atom stereocenters. The average Bonchev–Trinajstić information content (AvgIpc) is 2.78. The fraction of sp³-hybridized carbons (Fsp3) is 0.240. The summed E-state index contributed by atoms with van der Waals surface area (Å²) in [5, 5.41) is 3.06. The van der Waals surface area contributed by atoms with Crippen molar-refractivity contribution in [1.82, 2.24) is 0 Å². The zero-order chi connectivity index (χ0) is 21.5. The fourth-order valence-electron chi connectivity index (χ4n) is 3.27. The summed E-state index contributed by atoms with van der Waals surface area (Å²) in [6.45, 7) is 4.34. The molecule has 0 aliphatic heterocycles. The first-order valence-corrected chi connectivity index (χ1v) is 9.89. The van der Waals surface area contributed by atoms with Crippen LogP contribution in [-0.4, -0.2) is 20.1 Å². The van der Waals surface area contributed by atoms with Crippen LogP contribution < -0.4 is 19.5 Å². The van der Waals surface area contributed by atoms with E-state index in [1.54, 1.807) is 32.4 Å². The van der Waals surface area contributed by atoms with E-state index in [9.17, 15) is 4.79 Å². The molecule has 0 radical (unpaired) electrons. The van der Waals surface area contributed by atoms with Crippen LogP contribution in [0.5, 0.6) is 17.2 Å². The number of hydrogen-bond acceptors (Lipinski definition) is 4. The molecule has 30 heavy (non-hydrogen) atoms. The van der Waals surface area contributed by atoms with Crippen LogP contribution in [0.2, 0.25) is 0 Å². The molecule has 3 aromatic carbocycles. The number of rotatable bonds is 8. The minimum atomic E-state index is -0.163. The maximum Gasteiger partial charge on any atom is 0.255 e. The number of hydrogen-bond donors (Lipinski definition) is 1. The van der Waals surface area contributed by atoms with Gasteiger partial charge in [0.05, 0.1) is 14.2 Å². The molecule has 1 N–H and O–H groups in total. The van der Waals surface area contributed by atoms with Gasteiger partial charge in [0, 0.05) is 22.9 Å². The smallest absolute Gasteiger partial charge is 0.255 e. The first-order valence-electron chi connectivity index (χ1n) is 9.89. The van der Waals surface area contributed by atoms with E-state index in [0.29, 0.717) is 17.1 Å². The highest BCUT2D eigenvalue weighted by atomic mass is 16.5. The normalized spacial score (nSPS) is 10.4. The summed E-state index contributed by atoms with van der Waals surface area (Å²) in [7, 11) is 3.22. The third kappa shape index (κ3) is 4.92. The quantitative estimate of drug-likeness (QED) is 0.545. The van der Waals surface area contributed by atoms with Crippen LogP contribution in [0.3, 0.4) is 0 Å². The number of methoxy groups -OCH3 is 2. The van der Waals surface area contributed by atoms with Crippen molar-refractivity contribution in [3.8, 4) is 17.2 Å². The number of ether oxygens (including phenoxy) is 3. The third-order valence-corrected chi connectivity index (χ3v) is 4.96. The molecule has 0 aromatic heterocycles. The SMILES string of the molecule is CCc1cccc(C)c1NC(=O)c1ccc(OC)c(COc2cccc(OC)c2)c1. The third-order valence-electron chi connectivity index (χ3n) is 4.96. The van der Waals surface area contributed by atoms with Crippen LogP contribution in [-0.2, 0) is 13.0 Å². The number of para-hydroxylation sites is 1. The van der Waals surface area contributed by atoms with Gasteiger partial charge in [0.25, 0.3) is 5.91 Å². The Kier molecular flexibility index (Phi) is 6.96. The summed E-state index contributed by atoms with van der Waals surface area (Å²) in [4.78, 5) is 12.9. The molecule has 3 rings (SSSR count). The maximum atomic E-state index is 12.9. The lowest BCUT2D eigenvalue weighted by Crippen LogP contribution is -2.15. The Morgan fingerprint density at radius 2 is 1.67 bits per heavy atom. The first kappa shape index (κ1) is 21.2. The Labute approximate surface area is 177 Å². The predicted molar refractivity (Wildman–Crippen MR) is 119 cm³/mol. The Morgan fingerprint density at radius 3 is 2.40 bits per heavy atom. The molecule has 0 spiro atoms. The van der Waals surface area contributed by atoms with Gasteiger partial charge in [-0.1, -0.05) is 31.2 Å². The predicted octanol–water partition coefficient (Wildman–Crippen LogP) is 5.41. The lowest BCUT2D eigenvalue weighted by molar-refractivity contribution is 0.102. The Bertz CT molecular complexity index is 1030. The topological polar surface area (TPSA) is 56.8 Å². The second kappa shape index (κ2) is 9.83. The summed E-state index contributed by atoms with van der Waals surface area (Å²) in [5.74, 6) is 1.90. The van der Waals surface area contributed by atoms with Gasteiger partial charge in [0.15, 0.2) is 0 Å². The number of aryl methyl sites for hydroxylation is 2. The van der Waals surface area contributed by atoms with Crippen LogP contribution in [0.4, 0.5) is 5.69 Å². The van der Waals surface area contributed by atoms with Gasteiger partial charge in [-0.15, -0.1) is 0 Å². The second-order valence-electron chi connectivity index (χ2n) is 6.91. The van der Waals surface area contributed by atoms with Crippen molar-refractivity contribution in [2.75, 3.05) is 19.5 Å². The summed E-state index contributed by atoms with van der Waals surface area (Å²) >= 11 is 0. The molecular weight excluding hydrogens is 378 g/mol. The molecule has 0 unspecified atom stereocenters. The van der Waals surface area contributed by atoms with Crippen LogP contribution in [0.1, 0.15) is 34.0 Å². The van der Waals surface area contributed by atoms with Gasteiger partial charge in [-0.2, -0.15) is 0 Å². The number of carbonyl (C=O) groups is 1. The van der Waals surface area contributed by atoms with Crippen molar-refractivity contribution in [3.63, 3.8) is 0 Å². The van der Waals surface area contributed by atoms with Crippen molar-refractivity contribution >= 4 is 11.6 Å². The largest absolute Gasteiger partial charge is 0.497 e. The summed E-state index contributed by atoms with van der Waals surface area (Å²) < 4.78 is 16.6. The van der Waals surface area contributed by atoms with Gasteiger partial charge >= 0.3 is 0 Å². The van der Waals surface area contributed by atoms with Gasteiger partial charge in [0.1, 0.15) is 23.9 Å². The van der Waals surface area contributed by atoms with Crippen molar-refractivity contribution in [1.29, 1.82) is 0 Å². The van der Waals surface area contributed by atoms with E-state index in [1.165, 1.54) is 0 Å². The second-order valence-corrected chi connectivity index (χ2v) is 6.91. The molecule has 0 saturated heterocycles. The van der Waals surface area contributed by atoms with E-state index in [1.807, 2.05) is 49.4 Å². The van der Waals surface area contributed by atoms with E-state index < -0.39 is 0 Å². The lowest BCUT2D eigenvalue weighted by Gasteiger charge is -2.15. The number of benzene rings is 3. The van der Waals surface area contributed by atoms with Crippen LogP contribution >= 0.6 is 0 Å². The van der Waals surface area contributed by atoms with Crippen molar-refractivity contribution in [2.45, 2.75) is 26.9 Å². The van der Waals surface area contributed by atoms with Gasteiger partial charge < -0.3 is 19.5 Å². The van der Waals surface area contributed by atoms with E-state index >= 15 is 0 Å². The molecule has 0 saturated carbocycles. The molecule has 3 aromatic rings. The minimum absolute atomic E-state index is 0.163. The van der Waals surface area contributed by atoms with Crippen molar-refractivity contribution in [3.05, 3.63) is 82.9 Å². The first-order chi connectivity index (χ1) is 14.5. The number of anilines is 1. The molecule has 0 aliphatic rings. The van der Waals surface area contributed by atoms with Crippen molar-refractivity contribution < 1.29 is 19.0 Å². The summed E-state index contributed by atoms with van der Waals surface area (Å²) in [5.41, 5.74) is 4.35. The molecule has 5 nitrogen and oxygen atoms in total. The monoisotopic (exact) mass is 405 g/mol. The number of nitrogens with one attached hydrogen (secondary N) is 1. The molecule has 0 bridgehead atoms. The Balaban J connectivity index is 1.80. The van der Waals surface area contributed by atoms with Crippen molar-refractivity contribution in [2.24, 2.45) is 0 Å². The van der Waals surface area contributed by atoms with E-state index in [2.05, 4.69) is 12.2 Å². The molecule has 1 amide bonds. The standard InChI is InChI=1S/C25H27NO4/c1-5-18-9-6-8-17(2)24(18)26-25(27)19-12-13-23(29-4)20(14-19)16-30-22-11-7-10-21(15-22)28-3/h6-15H,5,16H2,1-4H3,(H,26,27). The molecule has 0 fully saturated rings. The number of carbonyl (C=O) groups excluding carboxylic acids is 1. The van der Waals surface area contributed by atoms with E-state index in [4.69, 9.17) is 14.2 Å². The Hall–Kier alpha value is -3.47. The van der Waals surface area contributed by atoms with Crippen LogP contribution in [0, 0.1) is 6.92 Å². The van der Waals surface area contributed by atoms with Crippen LogP contribution in [0.25, 0.3) is 0 Å². The molecule has 0 aliphatic carbocycles. The van der Waals surface area contributed by atoms with Gasteiger partial charge in [-0.25, -0.2) is 0 Å². The Morgan fingerprint density at radius 1 is 0.900 bits per heavy atom. The highest BCUT2D eigenvalue weighted by Gasteiger charge is 2.14. The summed E-state index contributed by atoms with van der Waals surface area (Å²) in [6.07, 6.45) is 0.847.